The Kier molecular flexibility index (Phi) is 5.91. The summed E-state index contributed by atoms with van der Waals surface area (Å²) in [6, 6.07) is 9.97. The first-order chi connectivity index (χ1) is 8.59. The topological polar surface area (TPSA) is 86.2 Å². The number of rotatable bonds is 8. The van der Waals surface area contributed by atoms with Crippen molar-refractivity contribution in [1.29, 1.82) is 0 Å². The monoisotopic (exact) mass is 248 g/mol. The van der Waals surface area contributed by atoms with Crippen molar-refractivity contribution in [2.24, 2.45) is 17.4 Å². The summed E-state index contributed by atoms with van der Waals surface area (Å²) < 4.78 is 0. The average Bonchev–Trinajstić information content (AvgIpc) is 2.34. The number of carbonyl (C=O) groups is 2. The largest absolute Gasteiger partial charge is 0.370 e. The van der Waals surface area contributed by atoms with Gasteiger partial charge in [-0.1, -0.05) is 30.3 Å². The highest BCUT2D eigenvalue weighted by molar-refractivity contribution is 5.77. The van der Waals surface area contributed by atoms with Crippen LogP contribution < -0.4 is 11.5 Å². The summed E-state index contributed by atoms with van der Waals surface area (Å²) in [6.07, 6.45) is 3.11. The van der Waals surface area contributed by atoms with Crippen LogP contribution in [0.2, 0.25) is 0 Å². The van der Waals surface area contributed by atoms with Crippen LogP contribution >= 0.6 is 0 Å². The Morgan fingerprint density at radius 3 is 2.28 bits per heavy atom. The van der Waals surface area contributed by atoms with Crippen LogP contribution in [0.5, 0.6) is 0 Å². The van der Waals surface area contributed by atoms with Crippen LogP contribution in [-0.2, 0) is 16.0 Å². The van der Waals surface area contributed by atoms with Gasteiger partial charge in [0.05, 0.1) is 0 Å². The lowest BCUT2D eigenvalue weighted by molar-refractivity contribution is -0.123. The van der Waals surface area contributed by atoms with E-state index in [4.69, 9.17) is 11.5 Å². The highest BCUT2D eigenvalue weighted by Crippen LogP contribution is 2.15. The zero-order valence-corrected chi connectivity index (χ0v) is 10.5. The summed E-state index contributed by atoms with van der Waals surface area (Å²) in [6.45, 7) is 0. The SMILES string of the molecule is NC(=O)CCCC(CCc1ccccc1)C(N)=O. The summed E-state index contributed by atoms with van der Waals surface area (Å²) in [5.41, 5.74) is 11.6. The van der Waals surface area contributed by atoms with Crippen molar-refractivity contribution in [3.8, 4) is 0 Å². The Hall–Kier alpha value is -1.84. The van der Waals surface area contributed by atoms with E-state index in [9.17, 15) is 9.59 Å². The van der Waals surface area contributed by atoms with E-state index in [2.05, 4.69) is 0 Å². The van der Waals surface area contributed by atoms with Crippen molar-refractivity contribution in [2.75, 3.05) is 0 Å². The summed E-state index contributed by atoms with van der Waals surface area (Å²) >= 11 is 0. The van der Waals surface area contributed by atoms with Crippen molar-refractivity contribution in [3.05, 3.63) is 35.9 Å². The zero-order valence-electron chi connectivity index (χ0n) is 10.5. The van der Waals surface area contributed by atoms with Gasteiger partial charge in [0.1, 0.15) is 0 Å². The lowest BCUT2D eigenvalue weighted by Crippen LogP contribution is -2.24. The van der Waals surface area contributed by atoms with E-state index in [1.54, 1.807) is 0 Å². The molecule has 0 aromatic heterocycles. The lowest BCUT2D eigenvalue weighted by atomic mass is 9.94. The molecule has 1 aromatic carbocycles. The summed E-state index contributed by atoms with van der Waals surface area (Å²) in [7, 11) is 0. The van der Waals surface area contributed by atoms with Crippen LogP contribution in [0.3, 0.4) is 0 Å². The molecule has 0 aliphatic rings. The maximum atomic E-state index is 11.3. The molecule has 98 valence electrons. The quantitative estimate of drug-likeness (QED) is 0.728. The number of benzene rings is 1. The molecule has 2 amide bonds. The number of nitrogens with two attached hydrogens (primary N) is 2. The first-order valence-electron chi connectivity index (χ1n) is 6.21. The van der Waals surface area contributed by atoms with Crippen LogP contribution in [0.25, 0.3) is 0 Å². The molecular weight excluding hydrogens is 228 g/mol. The van der Waals surface area contributed by atoms with Crippen molar-refractivity contribution in [1.82, 2.24) is 0 Å². The molecule has 18 heavy (non-hydrogen) atoms. The molecular formula is C14H20N2O2. The molecule has 1 unspecified atom stereocenters. The molecule has 0 aliphatic carbocycles. The maximum absolute atomic E-state index is 11.3. The van der Waals surface area contributed by atoms with E-state index >= 15 is 0 Å². The highest BCUT2D eigenvalue weighted by Gasteiger charge is 2.15. The second-order valence-corrected chi connectivity index (χ2v) is 4.48. The Bertz CT molecular complexity index is 390. The second kappa shape index (κ2) is 7.48. The first kappa shape index (κ1) is 14.2. The summed E-state index contributed by atoms with van der Waals surface area (Å²) in [5.74, 6) is -0.804. The number of aryl methyl sites for hydroxylation is 1. The van der Waals surface area contributed by atoms with Gasteiger partial charge in [-0.25, -0.2) is 0 Å². The normalized spacial score (nSPS) is 12.0. The fourth-order valence-electron chi connectivity index (χ4n) is 1.94. The number of hydrogen-bond donors (Lipinski definition) is 2. The van der Waals surface area contributed by atoms with Gasteiger partial charge >= 0.3 is 0 Å². The van der Waals surface area contributed by atoms with Gasteiger partial charge in [0.15, 0.2) is 0 Å². The minimum atomic E-state index is -0.332. The van der Waals surface area contributed by atoms with Crippen LogP contribution in [0.1, 0.15) is 31.2 Å². The third-order valence-corrected chi connectivity index (χ3v) is 3.00. The molecule has 0 bridgehead atoms. The third-order valence-electron chi connectivity index (χ3n) is 3.00. The van der Waals surface area contributed by atoms with Crippen LogP contribution in [0, 0.1) is 5.92 Å². The van der Waals surface area contributed by atoms with Crippen molar-refractivity contribution in [3.63, 3.8) is 0 Å². The lowest BCUT2D eigenvalue weighted by Gasteiger charge is -2.12. The van der Waals surface area contributed by atoms with E-state index in [0.29, 0.717) is 19.3 Å². The Morgan fingerprint density at radius 2 is 1.72 bits per heavy atom. The number of carbonyl (C=O) groups excluding carboxylic acids is 2. The van der Waals surface area contributed by atoms with Crippen LogP contribution in [0.15, 0.2) is 30.3 Å². The molecule has 0 aliphatic heterocycles. The molecule has 0 saturated carbocycles. The predicted octanol–water partition coefficient (Wildman–Crippen LogP) is 1.38. The van der Waals surface area contributed by atoms with Crippen LogP contribution in [0.4, 0.5) is 0 Å². The van der Waals surface area contributed by atoms with Gasteiger partial charge in [-0.2, -0.15) is 0 Å². The second-order valence-electron chi connectivity index (χ2n) is 4.48. The molecule has 0 fully saturated rings. The smallest absolute Gasteiger partial charge is 0.220 e. The molecule has 4 N–H and O–H groups in total. The maximum Gasteiger partial charge on any atom is 0.220 e. The molecule has 0 heterocycles. The molecule has 1 atom stereocenters. The molecule has 4 heteroatoms. The van der Waals surface area contributed by atoms with E-state index in [1.807, 2.05) is 30.3 Å². The van der Waals surface area contributed by atoms with Crippen molar-refractivity contribution in [2.45, 2.75) is 32.1 Å². The van der Waals surface area contributed by atoms with Gasteiger partial charge in [-0.05, 0) is 31.2 Å². The molecule has 1 rings (SSSR count). The highest BCUT2D eigenvalue weighted by atomic mass is 16.1. The zero-order chi connectivity index (χ0) is 13.4. The van der Waals surface area contributed by atoms with Crippen molar-refractivity contribution < 1.29 is 9.59 Å². The number of hydrogen-bond acceptors (Lipinski definition) is 2. The Morgan fingerprint density at radius 1 is 1.06 bits per heavy atom. The summed E-state index contributed by atoms with van der Waals surface area (Å²) in [5, 5.41) is 0. The Balaban J connectivity index is 2.38. The molecule has 0 spiro atoms. The van der Waals surface area contributed by atoms with Gasteiger partial charge in [0, 0.05) is 12.3 Å². The molecule has 0 saturated heterocycles. The third kappa shape index (κ3) is 5.48. The number of primary amides is 2. The van der Waals surface area contributed by atoms with Crippen molar-refractivity contribution >= 4 is 11.8 Å². The van der Waals surface area contributed by atoms with Gasteiger partial charge in [-0.3, -0.25) is 9.59 Å². The molecule has 1 aromatic rings. The molecule has 4 nitrogen and oxygen atoms in total. The van der Waals surface area contributed by atoms with E-state index in [1.165, 1.54) is 5.56 Å². The van der Waals surface area contributed by atoms with Gasteiger partial charge < -0.3 is 11.5 Å². The predicted molar refractivity (Wildman–Crippen MR) is 70.5 cm³/mol. The van der Waals surface area contributed by atoms with Gasteiger partial charge in [0.25, 0.3) is 0 Å². The van der Waals surface area contributed by atoms with Crippen LogP contribution in [-0.4, -0.2) is 11.8 Å². The first-order valence-corrected chi connectivity index (χ1v) is 6.21. The molecule has 0 radical (unpaired) electrons. The fraction of sp³-hybridized carbons (Fsp3) is 0.429. The minimum absolute atomic E-state index is 0.176. The van der Waals surface area contributed by atoms with E-state index in [0.717, 1.165) is 12.8 Å². The van der Waals surface area contributed by atoms with E-state index in [-0.39, 0.29) is 17.7 Å². The summed E-state index contributed by atoms with van der Waals surface area (Å²) in [4.78, 5) is 21.9. The van der Waals surface area contributed by atoms with Gasteiger partial charge in [0.2, 0.25) is 11.8 Å². The van der Waals surface area contributed by atoms with Gasteiger partial charge in [-0.15, -0.1) is 0 Å². The van der Waals surface area contributed by atoms with E-state index < -0.39 is 0 Å². The standard InChI is InChI=1S/C14H20N2O2/c15-13(17)8-4-7-12(14(16)18)10-9-11-5-2-1-3-6-11/h1-3,5-6,12H,4,7-10H2,(H2,15,17)(H2,16,18). The minimum Gasteiger partial charge on any atom is -0.370 e. The average molecular weight is 248 g/mol. The Labute approximate surface area is 107 Å². The number of amides is 2. The fourth-order valence-corrected chi connectivity index (χ4v) is 1.94.